The fourth-order valence-electron chi connectivity index (χ4n) is 2.29. The van der Waals surface area contributed by atoms with Crippen LogP contribution in [0.15, 0.2) is 0 Å². The molecule has 17 heavy (non-hydrogen) atoms. The van der Waals surface area contributed by atoms with Crippen LogP contribution in [0.3, 0.4) is 0 Å². The lowest BCUT2D eigenvalue weighted by Crippen LogP contribution is -2.34. The smallest absolute Gasteiger partial charge is 0.00643 e. The van der Waals surface area contributed by atoms with Crippen LogP contribution < -0.4 is 0 Å². The molecule has 1 heteroatoms. The molecule has 0 aromatic heterocycles. The molecule has 0 saturated carbocycles. The van der Waals surface area contributed by atoms with Crippen molar-refractivity contribution in [2.45, 2.75) is 91.5 Å². The minimum absolute atomic E-state index is 0.776. The topological polar surface area (TPSA) is 3.24 Å². The first-order valence-electron chi connectivity index (χ1n) is 8.00. The highest BCUT2D eigenvalue weighted by Gasteiger charge is 2.10. The van der Waals surface area contributed by atoms with Crippen LogP contribution in [0.5, 0.6) is 0 Å². The van der Waals surface area contributed by atoms with Crippen LogP contribution in [-0.2, 0) is 0 Å². The van der Waals surface area contributed by atoms with Crippen molar-refractivity contribution in [3.8, 4) is 0 Å². The van der Waals surface area contributed by atoms with Gasteiger partial charge < -0.3 is 4.90 Å². The van der Waals surface area contributed by atoms with Crippen molar-refractivity contribution in [1.82, 2.24) is 4.90 Å². The number of rotatable bonds is 12. The quantitative estimate of drug-likeness (QED) is 0.422. The molecule has 0 spiro atoms. The SMILES string of the molecule is CCCCCCN(CCCCCC)C(C)CC. The van der Waals surface area contributed by atoms with Crippen molar-refractivity contribution in [1.29, 1.82) is 0 Å². The number of nitrogens with zero attached hydrogens (tertiary/aromatic N) is 1. The lowest BCUT2D eigenvalue weighted by molar-refractivity contribution is 0.195. The molecular weight excluding hydrogens is 206 g/mol. The fraction of sp³-hybridized carbons (Fsp3) is 1.00. The highest BCUT2D eigenvalue weighted by molar-refractivity contribution is 4.66. The Kier molecular flexibility index (Phi) is 12.4. The number of hydrogen-bond acceptors (Lipinski definition) is 1. The molecule has 1 atom stereocenters. The summed E-state index contributed by atoms with van der Waals surface area (Å²) in [7, 11) is 0. The van der Waals surface area contributed by atoms with E-state index in [9.17, 15) is 0 Å². The molecule has 0 saturated heterocycles. The second-order valence-electron chi connectivity index (χ2n) is 5.41. The van der Waals surface area contributed by atoms with Crippen molar-refractivity contribution in [2.24, 2.45) is 0 Å². The average Bonchev–Trinajstić information content (AvgIpc) is 2.36. The zero-order chi connectivity index (χ0) is 12.9. The summed E-state index contributed by atoms with van der Waals surface area (Å²) >= 11 is 0. The molecule has 104 valence electrons. The Morgan fingerprint density at radius 3 is 1.53 bits per heavy atom. The van der Waals surface area contributed by atoms with E-state index in [1.807, 2.05) is 0 Å². The first kappa shape index (κ1) is 17.0. The van der Waals surface area contributed by atoms with Gasteiger partial charge in [-0.2, -0.15) is 0 Å². The molecule has 0 N–H and O–H groups in total. The summed E-state index contributed by atoms with van der Waals surface area (Å²) in [5.74, 6) is 0. The molecule has 0 aromatic rings. The van der Waals surface area contributed by atoms with Crippen LogP contribution in [-0.4, -0.2) is 24.0 Å². The summed E-state index contributed by atoms with van der Waals surface area (Å²) in [6.07, 6.45) is 12.4. The van der Waals surface area contributed by atoms with Gasteiger partial charge in [-0.15, -0.1) is 0 Å². The highest BCUT2D eigenvalue weighted by Crippen LogP contribution is 2.10. The molecule has 0 aliphatic rings. The molecule has 0 bridgehead atoms. The Morgan fingerprint density at radius 1 is 0.706 bits per heavy atom. The minimum Gasteiger partial charge on any atom is -0.301 e. The van der Waals surface area contributed by atoms with Crippen LogP contribution in [0.1, 0.15) is 85.5 Å². The van der Waals surface area contributed by atoms with E-state index < -0.39 is 0 Å². The van der Waals surface area contributed by atoms with Crippen molar-refractivity contribution >= 4 is 0 Å². The summed E-state index contributed by atoms with van der Waals surface area (Å²) < 4.78 is 0. The maximum Gasteiger partial charge on any atom is 0.00643 e. The largest absolute Gasteiger partial charge is 0.301 e. The van der Waals surface area contributed by atoms with Crippen LogP contribution in [0.2, 0.25) is 0 Å². The molecule has 1 unspecified atom stereocenters. The maximum atomic E-state index is 2.71. The van der Waals surface area contributed by atoms with E-state index >= 15 is 0 Å². The third kappa shape index (κ3) is 9.64. The molecule has 0 heterocycles. The third-order valence-corrected chi connectivity index (χ3v) is 3.81. The second-order valence-corrected chi connectivity index (χ2v) is 5.41. The van der Waals surface area contributed by atoms with Gasteiger partial charge in [0.15, 0.2) is 0 Å². The molecule has 1 nitrogen and oxygen atoms in total. The van der Waals surface area contributed by atoms with Crippen LogP contribution in [0.25, 0.3) is 0 Å². The Bertz CT molecular complexity index is 132. The Morgan fingerprint density at radius 2 is 1.18 bits per heavy atom. The summed E-state index contributed by atoms with van der Waals surface area (Å²) in [6.45, 7) is 11.9. The predicted molar refractivity (Wildman–Crippen MR) is 79.6 cm³/mol. The molecule has 0 aromatic carbocycles. The highest BCUT2D eigenvalue weighted by atomic mass is 15.1. The Hall–Kier alpha value is -0.0400. The Balaban J connectivity index is 3.72. The average molecular weight is 241 g/mol. The maximum absolute atomic E-state index is 2.71. The summed E-state index contributed by atoms with van der Waals surface area (Å²) in [4.78, 5) is 2.71. The van der Waals surface area contributed by atoms with Crippen LogP contribution in [0, 0.1) is 0 Å². The lowest BCUT2D eigenvalue weighted by atomic mass is 10.1. The zero-order valence-electron chi connectivity index (χ0n) is 12.8. The fourth-order valence-corrected chi connectivity index (χ4v) is 2.29. The van der Waals surface area contributed by atoms with E-state index in [4.69, 9.17) is 0 Å². The summed E-state index contributed by atoms with van der Waals surface area (Å²) in [5.41, 5.74) is 0. The monoisotopic (exact) mass is 241 g/mol. The molecule has 0 amide bonds. The van der Waals surface area contributed by atoms with E-state index in [1.54, 1.807) is 0 Å². The summed E-state index contributed by atoms with van der Waals surface area (Å²) in [6, 6.07) is 0.776. The molecule has 0 aliphatic carbocycles. The van der Waals surface area contributed by atoms with Crippen molar-refractivity contribution < 1.29 is 0 Å². The first-order valence-corrected chi connectivity index (χ1v) is 8.00. The number of hydrogen-bond donors (Lipinski definition) is 0. The van der Waals surface area contributed by atoms with Gasteiger partial charge in [0.25, 0.3) is 0 Å². The van der Waals surface area contributed by atoms with Gasteiger partial charge in [-0.3, -0.25) is 0 Å². The molecule has 0 aliphatic heterocycles. The molecule has 0 fully saturated rings. The van der Waals surface area contributed by atoms with Gasteiger partial charge in [0.2, 0.25) is 0 Å². The standard InChI is InChI=1S/C16H35N/c1-5-8-10-12-14-17(16(4)7-3)15-13-11-9-6-2/h16H,5-15H2,1-4H3. The van der Waals surface area contributed by atoms with E-state index in [-0.39, 0.29) is 0 Å². The van der Waals surface area contributed by atoms with Gasteiger partial charge >= 0.3 is 0 Å². The Labute approximate surface area is 110 Å². The van der Waals surface area contributed by atoms with Crippen molar-refractivity contribution in [3.05, 3.63) is 0 Å². The first-order chi connectivity index (χ1) is 8.26. The van der Waals surface area contributed by atoms with E-state index in [1.165, 1.54) is 70.9 Å². The third-order valence-electron chi connectivity index (χ3n) is 3.81. The summed E-state index contributed by atoms with van der Waals surface area (Å²) in [5, 5.41) is 0. The normalized spacial score (nSPS) is 13.2. The van der Waals surface area contributed by atoms with Gasteiger partial charge in [0.1, 0.15) is 0 Å². The molecular formula is C16H35N. The van der Waals surface area contributed by atoms with Gasteiger partial charge in [-0.1, -0.05) is 59.3 Å². The second kappa shape index (κ2) is 12.4. The van der Waals surface area contributed by atoms with Crippen molar-refractivity contribution in [2.75, 3.05) is 13.1 Å². The van der Waals surface area contributed by atoms with Gasteiger partial charge in [0, 0.05) is 6.04 Å². The predicted octanol–water partition coefficient (Wildman–Crippen LogP) is 5.25. The van der Waals surface area contributed by atoms with E-state index in [0.717, 1.165) is 6.04 Å². The van der Waals surface area contributed by atoms with E-state index in [0.29, 0.717) is 0 Å². The zero-order valence-corrected chi connectivity index (χ0v) is 12.8. The number of unbranched alkanes of at least 4 members (excludes halogenated alkanes) is 6. The van der Waals surface area contributed by atoms with Gasteiger partial charge in [0.05, 0.1) is 0 Å². The van der Waals surface area contributed by atoms with Crippen LogP contribution in [0.4, 0.5) is 0 Å². The van der Waals surface area contributed by atoms with Crippen LogP contribution >= 0.6 is 0 Å². The van der Waals surface area contributed by atoms with Gasteiger partial charge in [-0.25, -0.2) is 0 Å². The molecule has 0 radical (unpaired) electrons. The van der Waals surface area contributed by atoms with E-state index in [2.05, 4.69) is 32.6 Å². The minimum atomic E-state index is 0.776. The molecule has 0 rings (SSSR count). The lowest BCUT2D eigenvalue weighted by Gasteiger charge is -2.28. The van der Waals surface area contributed by atoms with Gasteiger partial charge in [-0.05, 0) is 39.3 Å². The van der Waals surface area contributed by atoms with Crippen molar-refractivity contribution in [3.63, 3.8) is 0 Å².